The SMILES string of the molecule is C=CCc1cc(CN(C)CC(OC)OC)c(O)c(-c2cc(CC=C)cc(CN(C)CC(OC)OC)c2O)c1. The molecule has 2 rings (SSSR count). The molecular weight excluding hydrogens is 484 g/mol. The van der Waals surface area contributed by atoms with Gasteiger partial charge in [-0.1, -0.05) is 24.3 Å². The number of ether oxygens (including phenoxy) is 4. The lowest BCUT2D eigenvalue weighted by atomic mass is 9.92. The number of rotatable bonds is 17. The van der Waals surface area contributed by atoms with Gasteiger partial charge in [-0.05, 0) is 50.2 Å². The summed E-state index contributed by atoms with van der Waals surface area (Å²) in [5.41, 5.74) is 4.59. The van der Waals surface area contributed by atoms with Crippen LogP contribution in [0, 0.1) is 0 Å². The van der Waals surface area contributed by atoms with Crippen LogP contribution < -0.4 is 0 Å². The van der Waals surface area contributed by atoms with E-state index in [1.165, 1.54) is 0 Å². The van der Waals surface area contributed by atoms with Crippen LogP contribution in [0.4, 0.5) is 0 Å². The summed E-state index contributed by atoms with van der Waals surface area (Å²) in [6, 6.07) is 7.78. The summed E-state index contributed by atoms with van der Waals surface area (Å²) < 4.78 is 21.3. The van der Waals surface area contributed by atoms with Crippen LogP contribution in [0.5, 0.6) is 11.5 Å². The maximum atomic E-state index is 11.4. The third-order valence-corrected chi connectivity index (χ3v) is 6.40. The Morgan fingerprint density at radius 2 is 1.03 bits per heavy atom. The Bertz CT molecular complexity index is 966. The average Bonchev–Trinajstić information content (AvgIpc) is 2.89. The second kappa shape index (κ2) is 15.6. The number of phenols is 2. The van der Waals surface area contributed by atoms with E-state index in [4.69, 9.17) is 18.9 Å². The minimum Gasteiger partial charge on any atom is -0.507 e. The number of hydrogen-bond acceptors (Lipinski definition) is 8. The monoisotopic (exact) mass is 528 g/mol. The number of nitrogens with zero attached hydrogens (tertiary/aromatic N) is 2. The van der Waals surface area contributed by atoms with Crippen molar-refractivity contribution in [3.63, 3.8) is 0 Å². The van der Waals surface area contributed by atoms with Gasteiger partial charge in [-0.2, -0.15) is 0 Å². The quantitative estimate of drug-likeness (QED) is 0.232. The number of phenolic OH excluding ortho intramolecular Hbond substituents is 2. The van der Waals surface area contributed by atoms with E-state index in [1.807, 2.05) is 60.3 Å². The molecule has 0 heterocycles. The number of likely N-dealkylation sites (N-methyl/N-ethyl adjacent to an activating group) is 2. The minimum absolute atomic E-state index is 0.125. The first-order valence-electron chi connectivity index (χ1n) is 12.6. The van der Waals surface area contributed by atoms with Crippen molar-refractivity contribution in [1.82, 2.24) is 9.80 Å². The molecule has 2 aromatic rings. The molecule has 0 atom stereocenters. The van der Waals surface area contributed by atoms with Crippen LogP contribution in [0.1, 0.15) is 22.3 Å². The van der Waals surface area contributed by atoms with Crippen molar-refractivity contribution in [2.75, 3.05) is 55.6 Å². The zero-order valence-corrected chi connectivity index (χ0v) is 23.7. The Morgan fingerprint density at radius 3 is 1.32 bits per heavy atom. The Hall–Kier alpha value is -2.72. The van der Waals surface area contributed by atoms with Crippen LogP contribution in [-0.2, 0) is 44.9 Å². The molecule has 8 heteroatoms. The molecule has 0 saturated carbocycles. The van der Waals surface area contributed by atoms with E-state index >= 15 is 0 Å². The molecule has 0 aliphatic rings. The van der Waals surface area contributed by atoms with Crippen molar-refractivity contribution in [3.05, 3.63) is 71.8 Å². The lowest BCUT2D eigenvalue weighted by Crippen LogP contribution is -2.31. The molecule has 0 aliphatic carbocycles. The van der Waals surface area contributed by atoms with Crippen LogP contribution in [0.15, 0.2) is 49.6 Å². The molecule has 0 radical (unpaired) electrons. The molecule has 8 nitrogen and oxygen atoms in total. The molecule has 2 aromatic carbocycles. The summed E-state index contributed by atoms with van der Waals surface area (Å²) in [6.07, 6.45) is 4.14. The summed E-state index contributed by atoms with van der Waals surface area (Å²) >= 11 is 0. The molecule has 0 fully saturated rings. The van der Waals surface area contributed by atoms with Gasteiger partial charge in [0.1, 0.15) is 11.5 Å². The number of hydrogen-bond donors (Lipinski definition) is 2. The fourth-order valence-corrected chi connectivity index (χ4v) is 4.45. The van der Waals surface area contributed by atoms with Gasteiger partial charge in [-0.25, -0.2) is 0 Å². The molecule has 210 valence electrons. The fraction of sp³-hybridized carbons (Fsp3) is 0.467. The van der Waals surface area contributed by atoms with Gasteiger partial charge in [0, 0.05) is 76.9 Å². The predicted molar refractivity (Wildman–Crippen MR) is 151 cm³/mol. The molecule has 0 bridgehead atoms. The van der Waals surface area contributed by atoms with Crippen LogP contribution in [-0.4, -0.2) is 88.2 Å². The van der Waals surface area contributed by atoms with Gasteiger partial charge in [-0.3, -0.25) is 9.80 Å². The smallest absolute Gasteiger partial charge is 0.169 e. The molecule has 0 saturated heterocycles. The van der Waals surface area contributed by atoms with Crippen LogP contribution in [0.3, 0.4) is 0 Å². The van der Waals surface area contributed by atoms with Crippen LogP contribution in [0.25, 0.3) is 11.1 Å². The zero-order chi connectivity index (χ0) is 28.2. The van der Waals surface area contributed by atoms with Gasteiger partial charge in [-0.15, -0.1) is 13.2 Å². The molecule has 0 spiro atoms. The lowest BCUT2D eigenvalue weighted by molar-refractivity contribution is -0.114. The molecule has 0 amide bonds. The van der Waals surface area contributed by atoms with E-state index in [2.05, 4.69) is 13.2 Å². The second-order valence-corrected chi connectivity index (χ2v) is 9.48. The van der Waals surface area contributed by atoms with Crippen molar-refractivity contribution < 1.29 is 29.2 Å². The highest BCUT2D eigenvalue weighted by Crippen LogP contribution is 2.41. The number of methoxy groups -OCH3 is 4. The Kier molecular flexibility index (Phi) is 13.0. The van der Waals surface area contributed by atoms with Crippen molar-refractivity contribution in [3.8, 4) is 22.6 Å². The van der Waals surface area contributed by atoms with Gasteiger partial charge in [0.2, 0.25) is 0 Å². The maximum absolute atomic E-state index is 11.4. The van der Waals surface area contributed by atoms with Crippen molar-refractivity contribution in [1.29, 1.82) is 0 Å². The van der Waals surface area contributed by atoms with Gasteiger partial charge in [0.25, 0.3) is 0 Å². The van der Waals surface area contributed by atoms with E-state index in [0.717, 1.165) is 22.3 Å². The minimum atomic E-state index is -0.382. The summed E-state index contributed by atoms with van der Waals surface area (Å²) in [5, 5.41) is 22.9. The first-order valence-corrected chi connectivity index (χ1v) is 12.6. The first kappa shape index (κ1) is 31.5. The van der Waals surface area contributed by atoms with E-state index in [1.54, 1.807) is 28.4 Å². The number of benzene rings is 2. The van der Waals surface area contributed by atoms with Crippen molar-refractivity contribution in [2.45, 2.75) is 38.5 Å². The molecule has 0 aromatic heterocycles. The summed E-state index contributed by atoms with van der Waals surface area (Å²) in [7, 11) is 10.3. The Balaban J connectivity index is 2.56. The second-order valence-electron chi connectivity index (χ2n) is 9.48. The molecule has 2 N–H and O–H groups in total. The highest BCUT2D eigenvalue weighted by molar-refractivity contribution is 5.79. The number of allylic oxidation sites excluding steroid dienone is 2. The standard InChI is InChI=1S/C30H44N2O6/c1-9-11-21-13-23(17-31(3)19-27(35-5)36-6)29(33)25(15-21)26-16-22(12-10-2)14-24(30(26)34)18-32(4)20-28(37-7)38-8/h9-10,13-16,27-28,33-34H,1-2,11-12,17-20H2,3-8H3. The van der Waals surface area contributed by atoms with Gasteiger partial charge in [0.15, 0.2) is 12.6 Å². The van der Waals surface area contributed by atoms with E-state index in [-0.39, 0.29) is 24.1 Å². The van der Waals surface area contributed by atoms with E-state index in [9.17, 15) is 10.2 Å². The Labute approximate surface area is 227 Å². The zero-order valence-electron chi connectivity index (χ0n) is 23.7. The average molecular weight is 529 g/mol. The highest BCUT2D eigenvalue weighted by atomic mass is 16.7. The summed E-state index contributed by atoms with van der Waals surface area (Å²) in [4.78, 5) is 4.04. The fourth-order valence-electron chi connectivity index (χ4n) is 4.45. The lowest BCUT2D eigenvalue weighted by Gasteiger charge is -2.24. The highest BCUT2D eigenvalue weighted by Gasteiger charge is 2.21. The van der Waals surface area contributed by atoms with Gasteiger partial charge >= 0.3 is 0 Å². The summed E-state index contributed by atoms with van der Waals surface area (Å²) in [5.74, 6) is 0.250. The third kappa shape index (κ3) is 8.66. The first-order chi connectivity index (χ1) is 18.2. The largest absolute Gasteiger partial charge is 0.507 e. The predicted octanol–water partition coefficient (Wildman–Crippen LogP) is 4.32. The topological polar surface area (TPSA) is 83.9 Å². The Morgan fingerprint density at radius 1 is 0.684 bits per heavy atom. The molecular formula is C30H44N2O6. The van der Waals surface area contributed by atoms with Crippen LogP contribution in [0.2, 0.25) is 0 Å². The van der Waals surface area contributed by atoms with E-state index in [0.29, 0.717) is 50.1 Å². The van der Waals surface area contributed by atoms with E-state index < -0.39 is 0 Å². The molecule has 38 heavy (non-hydrogen) atoms. The normalized spacial score (nSPS) is 11.7. The van der Waals surface area contributed by atoms with Crippen molar-refractivity contribution >= 4 is 0 Å². The van der Waals surface area contributed by atoms with Gasteiger partial charge < -0.3 is 29.2 Å². The summed E-state index contributed by atoms with van der Waals surface area (Å²) in [6.45, 7) is 9.73. The van der Waals surface area contributed by atoms with Crippen LogP contribution >= 0.6 is 0 Å². The van der Waals surface area contributed by atoms with Gasteiger partial charge in [0.05, 0.1) is 0 Å². The van der Waals surface area contributed by atoms with Crippen molar-refractivity contribution in [2.24, 2.45) is 0 Å². The number of aromatic hydroxyl groups is 2. The third-order valence-electron chi connectivity index (χ3n) is 6.40. The molecule has 0 aliphatic heterocycles. The molecule has 0 unspecified atom stereocenters. The maximum Gasteiger partial charge on any atom is 0.169 e.